The van der Waals surface area contributed by atoms with Gasteiger partial charge in [-0.2, -0.15) is 0 Å². The van der Waals surface area contributed by atoms with E-state index in [9.17, 15) is 18.8 Å². The van der Waals surface area contributed by atoms with E-state index >= 15 is 0 Å². The van der Waals surface area contributed by atoms with Crippen molar-refractivity contribution >= 4 is 39.1 Å². The Hall–Kier alpha value is -3.85. The van der Waals surface area contributed by atoms with E-state index in [1.807, 2.05) is 36.6 Å². The van der Waals surface area contributed by atoms with Crippen molar-refractivity contribution in [2.75, 3.05) is 12.4 Å². The number of rotatable bonds is 6. The summed E-state index contributed by atoms with van der Waals surface area (Å²) >= 11 is 1.40. The normalized spacial score (nSPS) is 10.9. The number of aromatic nitrogens is 2. The van der Waals surface area contributed by atoms with Gasteiger partial charge in [-0.05, 0) is 30.7 Å². The number of aryl methyl sites for hydroxylation is 2. The lowest BCUT2D eigenvalue weighted by Crippen LogP contribution is -2.24. The van der Waals surface area contributed by atoms with Crippen molar-refractivity contribution in [3.63, 3.8) is 0 Å². The minimum atomic E-state index is -0.682. The molecule has 2 heterocycles. The van der Waals surface area contributed by atoms with Crippen molar-refractivity contribution < 1.29 is 14.0 Å². The average Bonchev–Trinajstić information content (AvgIpc) is 3.25. The van der Waals surface area contributed by atoms with Gasteiger partial charge in [-0.1, -0.05) is 29.8 Å². The fourth-order valence-electron chi connectivity index (χ4n) is 3.43. The van der Waals surface area contributed by atoms with Gasteiger partial charge in [0.2, 0.25) is 5.91 Å². The van der Waals surface area contributed by atoms with Gasteiger partial charge in [0.1, 0.15) is 10.6 Å². The highest BCUT2D eigenvalue weighted by Gasteiger charge is 2.15. The molecule has 0 aliphatic carbocycles. The van der Waals surface area contributed by atoms with E-state index in [0.29, 0.717) is 15.9 Å². The van der Waals surface area contributed by atoms with Gasteiger partial charge in [-0.3, -0.25) is 19.0 Å². The number of halogens is 1. The van der Waals surface area contributed by atoms with Crippen molar-refractivity contribution in [2.24, 2.45) is 0 Å². The van der Waals surface area contributed by atoms with Crippen molar-refractivity contribution in [1.82, 2.24) is 14.9 Å². The summed E-state index contributed by atoms with van der Waals surface area (Å²) < 4.78 is 15.2. The van der Waals surface area contributed by atoms with Crippen LogP contribution in [0.3, 0.4) is 0 Å². The lowest BCUT2D eigenvalue weighted by molar-refractivity contribution is -0.116. The average molecular weight is 465 g/mol. The molecule has 2 aromatic heterocycles. The monoisotopic (exact) mass is 464 g/mol. The Morgan fingerprint density at radius 3 is 2.64 bits per heavy atom. The third-order valence-corrected chi connectivity index (χ3v) is 6.11. The highest BCUT2D eigenvalue weighted by Crippen LogP contribution is 2.30. The Bertz CT molecular complexity index is 1410. The molecule has 0 saturated carbocycles. The second-order valence-electron chi connectivity index (χ2n) is 7.51. The molecule has 168 valence electrons. The predicted molar refractivity (Wildman–Crippen MR) is 127 cm³/mol. The zero-order chi connectivity index (χ0) is 23.5. The molecule has 33 heavy (non-hydrogen) atoms. The van der Waals surface area contributed by atoms with Gasteiger partial charge in [0.15, 0.2) is 0 Å². The maximum absolute atomic E-state index is 13.8. The number of anilines is 1. The molecular weight excluding hydrogens is 443 g/mol. The van der Waals surface area contributed by atoms with E-state index in [0.717, 1.165) is 22.8 Å². The van der Waals surface area contributed by atoms with Crippen LogP contribution in [-0.2, 0) is 11.3 Å². The van der Waals surface area contributed by atoms with Crippen molar-refractivity contribution in [3.8, 4) is 11.1 Å². The molecule has 0 aliphatic heterocycles. The van der Waals surface area contributed by atoms with E-state index in [1.165, 1.54) is 41.4 Å². The number of carbonyl (C=O) groups excluding carboxylic acids is 2. The molecule has 2 N–H and O–H groups in total. The first kappa shape index (κ1) is 22.3. The molecule has 0 radical (unpaired) electrons. The number of carbonyl (C=O) groups is 2. The SMILES string of the molecule is CNC(=O)c1cc(NC(=O)CCn2cnc3scc(-c4ccc(C)cc4)c3c2=O)ccc1F. The van der Waals surface area contributed by atoms with Crippen molar-refractivity contribution in [3.05, 3.63) is 81.5 Å². The Morgan fingerprint density at radius 1 is 1.15 bits per heavy atom. The van der Waals surface area contributed by atoms with Crippen LogP contribution in [-0.4, -0.2) is 28.4 Å². The van der Waals surface area contributed by atoms with E-state index in [4.69, 9.17) is 0 Å². The zero-order valence-electron chi connectivity index (χ0n) is 18.0. The topological polar surface area (TPSA) is 93.1 Å². The Kier molecular flexibility index (Phi) is 6.32. The molecule has 9 heteroatoms. The molecule has 7 nitrogen and oxygen atoms in total. The minimum absolute atomic E-state index is 0.00375. The number of fused-ring (bicyclic) bond motifs is 1. The smallest absolute Gasteiger partial charge is 0.262 e. The Balaban J connectivity index is 1.52. The molecule has 0 fully saturated rings. The standard InChI is InChI=1S/C24H21FN4O3S/c1-14-3-5-15(6-4-14)18-12-33-23-21(18)24(32)29(13-27-23)10-9-20(30)28-16-7-8-19(25)17(11-16)22(31)26-2/h3-8,11-13H,9-10H2,1-2H3,(H,26,31)(H,28,30). The molecule has 4 aromatic rings. The molecule has 0 saturated heterocycles. The van der Waals surface area contributed by atoms with Crippen LogP contribution in [0.15, 0.2) is 59.0 Å². The first-order chi connectivity index (χ1) is 15.9. The van der Waals surface area contributed by atoms with Crippen LogP contribution in [0.25, 0.3) is 21.3 Å². The summed E-state index contributed by atoms with van der Waals surface area (Å²) in [5, 5.41) is 7.43. The Labute approximate surface area is 192 Å². The molecule has 0 atom stereocenters. The van der Waals surface area contributed by atoms with Crippen LogP contribution in [0.4, 0.5) is 10.1 Å². The zero-order valence-corrected chi connectivity index (χ0v) is 18.8. The summed E-state index contributed by atoms with van der Waals surface area (Å²) in [6.07, 6.45) is 1.44. The second-order valence-corrected chi connectivity index (χ2v) is 8.37. The Morgan fingerprint density at radius 2 is 1.91 bits per heavy atom. The molecule has 2 aromatic carbocycles. The fraction of sp³-hybridized carbons (Fsp3) is 0.167. The van der Waals surface area contributed by atoms with Gasteiger partial charge in [0.05, 0.1) is 17.3 Å². The number of amides is 2. The van der Waals surface area contributed by atoms with Gasteiger partial charge in [0.25, 0.3) is 11.5 Å². The molecule has 0 spiro atoms. The molecule has 4 rings (SSSR count). The van der Waals surface area contributed by atoms with Crippen molar-refractivity contribution in [2.45, 2.75) is 19.9 Å². The van der Waals surface area contributed by atoms with E-state index in [2.05, 4.69) is 15.6 Å². The van der Waals surface area contributed by atoms with Gasteiger partial charge < -0.3 is 10.6 Å². The first-order valence-electron chi connectivity index (χ1n) is 10.2. The maximum atomic E-state index is 13.8. The fourth-order valence-corrected chi connectivity index (χ4v) is 4.34. The number of nitrogens with zero attached hydrogens (tertiary/aromatic N) is 2. The van der Waals surface area contributed by atoms with Crippen molar-refractivity contribution in [1.29, 1.82) is 0 Å². The van der Waals surface area contributed by atoms with Gasteiger partial charge in [-0.15, -0.1) is 11.3 Å². The van der Waals surface area contributed by atoms with Crippen LogP contribution in [0.5, 0.6) is 0 Å². The largest absolute Gasteiger partial charge is 0.355 e. The molecular formula is C24H21FN4O3S. The van der Waals surface area contributed by atoms with E-state index < -0.39 is 11.7 Å². The maximum Gasteiger partial charge on any atom is 0.262 e. The summed E-state index contributed by atoms with van der Waals surface area (Å²) in [6, 6.07) is 11.7. The van der Waals surface area contributed by atoms with E-state index in [1.54, 1.807) is 0 Å². The number of nitrogens with one attached hydrogen (secondary N) is 2. The van der Waals surface area contributed by atoms with Crippen LogP contribution in [0, 0.1) is 12.7 Å². The lowest BCUT2D eigenvalue weighted by Gasteiger charge is -2.09. The van der Waals surface area contributed by atoms with Gasteiger partial charge >= 0.3 is 0 Å². The number of hydrogen-bond acceptors (Lipinski definition) is 5. The van der Waals surface area contributed by atoms with Crippen LogP contribution >= 0.6 is 11.3 Å². The summed E-state index contributed by atoms with van der Waals surface area (Å²) in [6.45, 7) is 2.13. The van der Waals surface area contributed by atoms with Crippen LogP contribution < -0.4 is 16.2 Å². The summed E-state index contributed by atoms with van der Waals surface area (Å²) in [7, 11) is 1.40. The van der Waals surface area contributed by atoms with Gasteiger partial charge in [0, 0.05) is 36.6 Å². The number of thiophene rings is 1. The quantitative estimate of drug-likeness (QED) is 0.452. The minimum Gasteiger partial charge on any atom is -0.355 e. The predicted octanol–water partition coefficient (Wildman–Crippen LogP) is 3.96. The van der Waals surface area contributed by atoms with Crippen LogP contribution in [0.2, 0.25) is 0 Å². The third-order valence-electron chi connectivity index (χ3n) is 5.22. The lowest BCUT2D eigenvalue weighted by atomic mass is 10.1. The molecule has 2 amide bonds. The number of benzene rings is 2. The second kappa shape index (κ2) is 9.33. The van der Waals surface area contributed by atoms with Gasteiger partial charge in [-0.25, -0.2) is 9.37 Å². The summed E-state index contributed by atoms with van der Waals surface area (Å²) in [5.41, 5.74) is 2.79. The highest BCUT2D eigenvalue weighted by molar-refractivity contribution is 7.17. The third kappa shape index (κ3) is 4.68. The van der Waals surface area contributed by atoms with E-state index in [-0.39, 0.29) is 30.0 Å². The number of hydrogen-bond donors (Lipinski definition) is 2. The first-order valence-corrected chi connectivity index (χ1v) is 11.1. The molecule has 0 unspecified atom stereocenters. The molecule has 0 bridgehead atoms. The molecule has 0 aliphatic rings. The highest BCUT2D eigenvalue weighted by atomic mass is 32.1. The summed E-state index contributed by atoms with van der Waals surface area (Å²) in [5.74, 6) is -1.64. The summed E-state index contributed by atoms with van der Waals surface area (Å²) in [4.78, 5) is 42.3. The van der Waals surface area contributed by atoms with Crippen LogP contribution in [0.1, 0.15) is 22.3 Å².